The molecule has 1 spiro atoms. The SMILES string of the molecule is Cc1c(C(=O)N2CCC[C@@]3(CCCN(C)C3=O)[C@@H]2C)cnn1-c1ccccn1. The third-order valence-electron chi connectivity index (χ3n) is 6.55. The number of amides is 2. The van der Waals surface area contributed by atoms with E-state index in [1.165, 1.54) is 0 Å². The van der Waals surface area contributed by atoms with Gasteiger partial charge in [0.2, 0.25) is 5.91 Å². The summed E-state index contributed by atoms with van der Waals surface area (Å²) in [6, 6.07) is 5.48. The first kappa shape index (κ1) is 18.7. The van der Waals surface area contributed by atoms with Crippen LogP contribution in [0.2, 0.25) is 0 Å². The molecule has 2 aliphatic rings. The summed E-state index contributed by atoms with van der Waals surface area (Å²) in [5.74, 6) is 0.822. The predicted octanol–water partition coefficient (Wildman–Crippen LogP) is 2.44. The van der Waals surface area contributed by atoms with Gasteiger partial charge in [-0.15, -0.1) is 0 Å². The Morgan fingerprint density at radius 2 is 1.96 bits per heavy atom. The number of nitrogens with zero attached hydrogens (tertiary/aromatic N) is 5. The molecule has 7 heteroatoms. The van der Waals surface area contributed by atoms with Crippen LogP contribution < -0.4 is 0 Å². The first-order chi connectivity index (χ1) is 13.5. The van der Waals surface area contributed by atoms with E-state index in [1.54, 1.807) is 17.1 Å². The van der Waals surface area contributed by atoms with Crippen molar-refractivity contribution in [2.24, 2.45) is 5.41 Å². The second kappa shape index (κ2) is 7.04. The van der Waals surface area contributed by atoms with E-state index < -0.39 is 5.41 Å². The van der Waals surface area contributed by atoms with E-state index in [9.17, 15) is 9.59 Å². The standard InChI is InChI=1S/C21H27N5O2/c1-15-17(14-23-26(15)18-8-4-5-11-22-18)19(27)25-13-7-10-21(16(25)2)9-6-12-24(3)20(21)28/h4-5,8,11,14,16H,6-7,9-10,12-13H2,1-3H3/t16-,21-/m0/s1. The highest BCUT2D eigenvalue weighted by molar-refractivity contribution is 5.96. The number of likely N-dealkylation sites (tertiary alicyclic amines) is 2. The van der Waals surface area contributed by atoms with Gasteiger partial charge in [0.15, 0.2) is 5.82 Å². The van der Waals surface area contributed by atoms with Gasteiger partial charge in [-0.2, -0.15) is 5.10 Å². The Hall–Kier alpha value is -2.70. The lowest BCUT2D eigenvalue weighted by Crippen LogP contribution is -2.61. The van der Waals surface area contributed by atoms with Crippen LogP contribution in [0.1, 0.15) is 48.7 Å². The van der Waals surface area contributed by atoms with Crippen molar-refractivity contribution in [1.29, 1.82) is 0 Å². The zero-order valence-electron chi connectivity index (χ0n) is 16.8. The average molecular weight is 381 g/mol. The van der Waals surface area contributed by atoms with Crippen molar-refractivity contribution in [3.05, 3.63) is 41.9 Å². The van der Waals surface area contributed by atoms with Crippen LogP contribution in [0.5, 0.6) is 0 Å². The summed E-state index contributed by atoms with van der Waals surface area (Å²) in [6.07, 6.45) is 6.88. The Labute approximate surface area is 165 Å². The Balaban J connectivity index is 1.64. The van der Waals surface area contributed by atoms with E-state index in [0.717, 1.165) is 37.9 Å². The Morgan fingerprint density at radius 3 is 2.68 bits per heavy atom. The molecular formula is C21H27N5O2. The first-order valence-corrected chi connectivity index (χ1v) is 9.98. The molecule has 0 N–H and O–H groups in total. The van der Waals surface area contributed by atoms with Crippen molar-refractivity contribution in [2.45, 2.75) is 45.6 Å². The molecule has 7 nitrogen and oxygen atoms in total. The Morgan fingerprint density at radius 1 is 1.21 bits per heavy atom. The summed E-state index contributed by atoms with van der Waals surface area (Å²) < 4.78 is 1.69. The van der Waals surface area contributed by atoms with Crippen LogP contribution >= 0.6 is 0 Å². The van der Waals surface area contributed by atoms with Gasteiger partial charge in [0.1, 0.15) is 0 Å². The fourth-order valence-electron chi connectivity index (χ4n) is 4.87. The minimum Gasteiger partial charge on any atom is -0.345 e. The van der Waals surface area contributed by atoms with E-state index in [1.807, 2.05) is 48.9 Å². The minimum atomic E-state index is -0.453. The van der Waals surface area contributed by atoms with Crippen LogP contribution in [0.25, 0.3) is 5.82 Å². The highest BCUT2D eigenvalue weighted by Gasteiger charge is 2.51. The molecule has 0 aliphatic carbocycles. The fraction of sp³-hybridized carbons (Fsp3) is 0.524. The number of piperidine rings is 2. The molecule has 0 radical (unpaired) electrons. The monoisotopic (exact) mass is 381 g/mol. The average Bonchev–Trinajstić information content (AvgIpc) is 3.09. The lowest BCUT2D eigenvalue weighted by atomic mass is 9.68. The molecule has 28 heavy (non-hydrogen) atoms. The third kappa shape index (κ3) is 2.80. The summed E-state index contributed by atoms with van der Waals surface area (Å²) in [6.45, 7) is 5.40. The van der Waals surface area contributed by atoms with E-state index in [2.05, 4.69) is 10.1 Å². The van der Waals surface area contributed by atoms with Crippen molar-refractivity contribution in [2.75, 3.05) is 20.1 Å². The molecule has 2 amide bonds. The molecule has 148 valence electrons. The molecule has 0 unspecified atom stereocenters. The summed E-state index contributed by atoms with van der Waals surface area (Å²) in [4.78, 5) is 34.5. The van der Waals surface area contributed by atoms with Gasteiger partial charge in [-0.25, -0.2) is 9.67 Å². The zero-order valence-corrected chi connectivity index (χ0v) is 16.8. The highest BCUT2D eigenvalue weighted by Crippen LogP contribution is 2.44. The number of aromatic nitrogens is 3. The predicted molar refractivity (Wildman–Crippen MR) is 105 cm³/mol. The quantitative estimate of drug-likeness (QED) is 0.801. The molecule has 2 aromatic heterocycles. The topological polar surface area (TPSA) is 71.3 Å². The first-order valence-electron chi connectivity index (χ1n) is 9.98. The maximum absolute atomic E-state index is 13.4. The van der Waals surface area contributed by atoms with E-state index in [4.69, 9.17) is 0 Å². The van der Waals surface area contributed by atoms with Crippen molar-refractivity contribution in [3.63, 3.8) is 0 Å². The summed E-state index contributed by atoms with van der Waals surface area (Å²) >= 11 is 0. The van der Waals surface area contributed by atoms with Crippen LogP contribution in [0.15, 0.2) is 30.6 Å². The number of hydrogen-bond donors (Lipinski definition) is 0. The largest absolute Gasteiger partial charge is 0.345 e. The molecule has 4 rings (SSSR count). The van der Waals surface area contributed by atoms with Gasteiger partial charge < -0.3 is 9.80 Å². The second-order valence-electron chi connectivity index (χ2n) is 8.01. The lowest BCUT2D eigenvalue weighted by molar-refractivity contribution is -0.152. The number of carbonyl (C=O) groups excluding carboxylic acids is 2. The third-order valence-corrected chi connectivity index (χ3v) is 6.55. The summed E-state index contributed by atoms with van der Waals surface area (Å²) in [5.41, 5.74) is 0.889. The summed E-state index contributed by atoms with van der Waals surface area (Å²) in [7, 11) is 1.87. The minimum absolute atomic E-state index is 0.0488. The molecule has 0 saturated carbocycles. The van der Waals surface area contributed by atoms with Crippen molar-refractivity contribution in [1.82, 2.24) is 24.6 Å². The normalized spacial score (nSPS) is 25.4. The number of hydrogen-bond acceptors (Lipinski definition) is 4. The summed E-state index contributed by atoms with van der Waals surface area (Å²) in [5, 5.41) is 4.39. The molecule has 2 aromatic rings. The molecule has 0 aromatic carbocycles. The lowest BCUT2D eigenvalue weighted by Gasteiger charge is -2.51. The molecule has 2 saturated heterocycles. The van der Waals surface area contributed by atoms with Crippen molar-refractivity contribution >= 4 is 11.8 Å². The van der Waals surface area contributed by atoms with Gasteiger partial charge >= 0.3 is 0 Å². The number of rotatable bonds is 2. The molecule has 2 aliphatic heterocycles. The zero-order chi connectivity index (χ0) is 19.9. The van der Waals surface area contributed by atoms with Crippen LogP contribution in [0.4, 0.5) is 0 Å². The van der Waals surface area contributed by atoms with E-state index >= 15 is 0 Å². The van der Waals surface area contributed by atoms with Crippen molar-refractivity contribution in [3.8, 4) is 5.82 Å². The van der Waals surface area contributed by atoms with Gasteiger partial charge in [-0.3, -0.25) is 9.59 Å². The van der Waals surface area contributed by atoms with Gasteiger partial charge in [0.05, 0.1) is 22.9 Å². The van der Waals surface area contributed by atoms with Crippen LogP contribution in [0, 0.1) is 12.3 Å². The molecule has 2 atom stereocenters. The van der Waals surface area contributed by atoms with Crippen LogP contribution in [0.3, 0.4) is 0 Å². The van der Waals surface area contributed by atoms with Crippen LogP contribution in [-0.4, -0.2) is 62.6 Å². The van der Waals surface area contributed by atoms with Gasteiger partial charge in [0, 0.05) is 32.4 Å². The molecule has 4 heterocycles. The van der Waals surface area contributed by atoms with Gasteiger partial charge in [-0.05, 0) is 51.7 Å². The molecule has 2 fully saturated rings. The van der Waals surface area contributed by atoms with Crippen molar-refractivity contribution < 1.29 is 9.59 Å². The Kier molecular flexibility index (Phi) is 4.69. The second-order valence-corrected chi connectivity index (χ2v) is 8.01. The highest BCUT2D eigenvalue weighted by atomic mass is 16.2. The molecule has 0 bridgehead atoms. The fourth-order valence-corrected chi connectivity index (χ4v) is 4.87. The van der Waals surface area contributed by atoms with Gasteiger partial charge in [0.25, 0.3) is 5.91 Å². The Bertz CT molecular complexity index is 889. The number of carbonyl (C=O) groups is 2. The van der Waals surface area contributed by atoms with E-state index in [0.29, 0.717) is 17.9 Å². The maximum atomic E-state index is 13.4. The number of pyridine rings is 1. The van der Waals surface area contributed by atoms with Crippen LogP contribution in [-0.2, 0) is 4.79 Å². The van der Waals surface area contributed by atoms with E-state index in [-0.39, 0.29) is 17.9 Å². The smallest absolute Gasteiger partial charge is 0.257 e. The van der Waals surface area contributed by atoms with Gasteiger partial charge in [-0.1, -0.05) is 6.07 Å². The maximum Gasteiger partial charge on any atom is 0.257 e. The molecular weight excluding hydrogens is 354 g/mol.